The van der Waals surface area contributed by atoms with Crippen LogP contribution in [0, 0.1) is 0 Å². The van der Waals surface area contributed by atoms with E-state index < -0.39 is 0 Å². The first kappa shape index (κ1) is 21.1. The fourth-order valence-corrected chi connectivity index (χ4v) is 4.12. The summed E-state index contributed by atoms with van der Waals surface area (Å²) in [4.78, 5) is 11.2. The summed E-state index contributed by atoms with van der Waals surface area (Å²) in [5.74, 6) is 1.63. The van der Waals surface area contributed by atoms with Crippen LogP contribution in [-0.4, -0.2) is 52.2 Å². The Kier molecular flexibility index (Phi) is 6.94. The van der Waals surface area contributed by atoms with Crippen LogP contribution in [0.4, 0.5) is 0 Å². The molecule has 2 aromatic carbocycles. The number of likely N-dealkylation sites (tertiary alicyclic amines) is 1. The van der Waals surface area contributed by atoms with Crippen LogP contribution < -0.4 is 10.6 Å². The van der Waals surface area contributed by atoms with Crippen molar-refractivity contribution >= 4 is 5.96 Å². The third-order valence-corrected chi connectivity index (χ3v) is 6.00. The molecule has 0 spiro atoms. The number of aromatic amines is 1. The van der Waals surface area contributed by atoms with Crippen LogP contribution in [0.3, 0.4) is 0 Å². The zero-order chi connectivity index (χ0) is 21.5. The Hall–Kier alpha value is -3.19. The van der Waals surface area contributed by atoms with Crippen molar-refractivity contribution in [2.24, 2.45) is 4.99 Å². The number of hydrogen-bond acceptors (Lipinski definition) is 4. The molecule has 3 N–H and O–H groups in total. The van der Waals surface area contributed by atoms with Crippen molar-refractivity contribution < 1.29 is 0 Å². The van der Waals surface area contributed by atoms with E-state index in [0.717, 1.165) is 43.3 Å². The zero-order valence-electron chi connectivity index (χ0n) is 18.3. The molecule has 0 amide bonds. The van der Waals surface area contributed by atoms with E-state index >= 15 is 0 Å². The third kappa shape index (κ3) is 5.49. The molecule has 162 valence electrons. The van der Waals surface area contributed by atoms with Crippen LogP contribution in [-0.2, 0) is 6.54 Å². The lowest BCUT2D eigenvalue weighted by atomic mass is 10.0. The van der Waals surface area contributed by atoms with E-state index in [1.165, 1.54) is 17.5 Å². The Morgan fingerprint density at radius 3 is 2.68 bits per heavy atom. The lowest BCUT2D eigenvalue weighted by Gasteiger charge is -2.37. The second-order valence-corrected chi connectivity index (χ2v) is 8.00. The molecule has 7 heteroatoms. The monoisotopic (exact) mass is 417 g/mol. The molecule has 0 bridgehead atoms. The number of H-pyrrole nitrogens is 1. The lowest BCUT2D eigenvalue weighted by molar-refractivity contribution is 0.158. The maximum Gasteiger partial charge on any atom is 0.191 e. The minimum absolute atomic E-state index is 0.436. The Morgan fingerprint density at radius 2 is 1.97 bits per heavy atom. The van der Waals surface area contributed by atoms with Crippen LogP contribution in [0.2, 0.25) is 0 Å². The number of piperidine rings is 1. The number of aliphatic imine (C=N–C) groups is 1. The van der Waals surface area contributed by atoms with E-state index in [-0.39, 0.29) is 0 Å². The van der Waals surface area contributed by atoms with Gasteiger partial charge >= 0.3 is 0 Å². The first-order chi connectivity index (χ1) is 15.2. The minimum Gasteiger partial charge on any atom is -0.354 e. The van der Waals surface area contributed by atoms with E-state index in [1.807, 2.05) is 19.2 Å². The molecule has 1 aromatic heterocycles. The SMILES string of the molecule is CN=C(NCc1cccc(-c2ncn[nH]2)c1)NC1CCN(C(C)c2ccccc2)CC1. The molecule has 1 aliphatic rings. The first-order valence-electron chi connectivity index (χ1n) is 10.9. The Morgan fingerprint density at radius 1 is 1.16 bits per heavy atom. The van der Waals surface area contributed by atoms with Crippen LogP contribution in [0.15, 0.2) is 65.9 Å². The highest BCUT2D eigenvalue weighted by molar-refractivity contribution is 5.80. The maximum absolute atomic E-state index is 4.42. The highest BCUT2D eigenvalue weighted by Crippen LogP contribution is 2.24. The molecule has 0 aliphatic carbocycles. The normalized spacial score (nSPS) is 16.8. The second kappa shape index (κ2) is 10.2. The Balaban J connectivity index is 1.26. The van der Waals surface area contributed by atoms with E-state index in [0.29, 0.717) is 18.6 Å². The summed E-state index contributed by atoms with van der Waals surface area (Å²) in [5, 5.41) is 13.9. The molecule has 31 heavy (non-hydrogen) atoms. The predicted molar refractivity (Wildman–Crippen MR) is 125 cm³/mol. The van der Waals surface area contributed by atoms with Crippen molar-refractivity contribution in [3.8, 4) is 11.4 Å². The van der Waals surface area contributed by atoms with Crippen LogP contribution >= 0.6 is 0 Å². The molecule has 3 aromatic rings. The molecule has 0 radical (unpaired) electrons. The van der Waals surface area contributed by atoms with Crippen molar-refractivity contribution in [2.75, 3.05) is 20.1 Å². The van der Waals surface area contributed by atoms with Gasteiger partial charge < -0.3 is 10.6 Å². The molecule has 4 rings (SSSR count). The van der Waals surface area contributed by atoms with Gasteiger partial charge in [-0.1, -0.05) is 48.5 Å². The molecule has 7 nitrogen and oxygen atoms in total. The second-order valence-electron chi connectivity index (χ2n) is 8.00. The Labute approximate surface area is 184 Å². The van der Waals surface area contributed by atoms with Crippen molar-refractivity contribution in [3.63, 3.8) is 0 Å². The van der Waals surface area contributed by atoms with E-state index in [2.05, 4.69) is 85.1 Å². The van der Waals surface area contributed by atoms with Crippen LogP contribution in [0.25, 0.3) is 11.4 Å². The van der Waals surface area contributed by atoms with Gasteiger partial charge in [-0.2, -0.15) is 5.10 Å². The van der Waals surface area contributed by atoms with Crippen molar-refractivity contribution in [3.05, 3.63) is 72.1 Å². The standard InChI is InChI=1S/C24H31N7/c1-18(20-8-4-3-5-9-20)31-13-11-22(12-14-31)29-24(25-2)26-16-19-7-6-10-21(15-19)23-27-17-28-30-23/h3-10,15,17-18,22H,11-14,16H2,1-2H3,(H2,25,26,29)(H,27,28,30). The highest BCUT2D eigenvalue weighted by atomic mass is 15.2. The van der Waals surface area contributed by atoms with Gasteiger partial charge in [-0.25, -0.2) is 4.98 Å². The molecule has 1 fully saturated rings. The number of benzene rings is 2. The van der Waals surface area contributed by atoms with E-state index in [9.17, 15) is 0 Å². The molecule has 1 saturated heterocycles. The van der Waals surface area contributed by atoms with Gasteiger partial charge in [0.1, 0.15) is 6.33 Å². The summed E-state index contributed by atoms with van der Waals surface area (Å²) >= 11 is 0. The zero-order valence-corrected chi connectivity index (χ0v) is 18.3. The fourth-order valence-electron chi connectivity index (χ4n) is 4.12. The fraction of sp³-hybridized carbons (Fsp3) is 0.375. The first-order valence-corrected chi connectivity index (χ1v) is 10.9. The number of guanidine groups is 1. The number of nitrogens with zero attached hydrogens (tertiary/aromatic N) is 4. The van der Waals surface area contributed by atoms with Gasteiger partial charge in [0.15, 0.2) is 11.8 Å². The van der Waals surface area contributed by atoms with Gasteiger partial charge in [0.05, 0.1) is 0 Å². The number of aromatic nitrogens is 3. The van der Waals surface area contributed by atoms with Gasteiger partial charge in [0.2, 0.25) is 0 Å². The highest BCUT2D eigenvalue weighted by Gasteiger charge is 2.24. The number of nitrogens with one attached hydrogen (secondary N) is 3. The summed E-state index contributed by atoms with van der Waals surface area (Å²) in [6.45, 7) is 5.18. The molecule has 0 saturated carbocycles. The molecule has 1 atom stereocenters. The summed E-state index contributed by atoms with van der Waals surface area (Å²) in [7, 11) is 1.83. The molecular formula is C24H31N7. The summed E-state index contributed by atoms with van der Waals surface area (Å²) in [6, 6.07) is 19.9. The summed E-state index contributed by atoms with van der Waals surface area (Å²) in [5.41, 5.74) is 3.59. The van der Waals surface area contributed by atoms with Crippen molar-refractivity contribution in [1.82, 2.24) is 30.7 Å². The Bertz CT molecular complexity index is 961. The number of hydrogen-bond donors (Lipinski definition) is 3. The third-order valence-electron chi connectivity index (χ3n) is 6.00. The summed E-state index contributed by atoms with van der Waals surface area (Å²) < 4.78 is 0. The van der Waals surface area contributed by atoms with Crippen LogP contribution in [0.5, 0.6) is 0 Å². The van der Waals surface area contributed by atoms with Crippen molar-refractivity contribution in [1.29, 1.82) is 0 Å². The smallest absolute Gasteiger partial charge is 0.191 e. The van der Waals surface area contributed by atoms with Crippen molar-refractivity contribution in [2.45, 2.75) is 38.4 Å². The van der Waals surface area contributed by atoms with Gasteiger partial charge in [-0.15, -0.1) is 0 Å². The topological polar surface area (TPSA) is 81.2 Å². The van der Waals surface area contributed by atoms with Gasteiger partial charge in [0.25, 0.3) is 0 Å². The maximum atomic E-state index is 4.42. The quantitative estimate of drug-likeness (QED) is 0.423. The average Bonchev–Trinajstić information content (AvgIpc) is 3.38. The van der Waals surface area contributed by atoms with Gasteiger partial charge in [-0.3, -0.25) is 15.0 Å². The van der Waals surface area contributed by atoms with Gasteiger partial charge in [-0.05, 0) is 37.0 Å². The minimum atomic E-state index is 0.436. The van der Waals surface area contributed by atoms with Gasteiger partial charge in [0, 0.05) is 44.3 Å². The molecular weight excluding hydrogens is 386 g/mol. The summed E-state index contributed by atoms with van der Waals surface area (Å²) in [6.07, 6.45) is 3.75. The molecule has 1 unspecified atom stereocenters. The van der Waals surface area contributed by atoms with Crippen LogP contribution in [0.1, 0.15) is 36.9 Å². The largest absolute Gasteiger partial charge is 0.354 e. The van der Waals surface area contributed by atoms with E-state index in [4.69, 9.17) is 0 Å². The van der Waals surface area contributed by atoms with E-state index in [1.54, 1.807) is 0 Å². The molecule has 2 heterocycles. The predicted octanol–water partition coefficient (Wildman–Crippen LogP) is 3.36. The molecule has 1 aliphatic heterocycles. The number of rotatable bonds is 6. The average molecular weight is 418 g/mol. The lowest BCUT2D eigenvalue weighted by Crippen LogP contribution is -2.48.